The molecule has 25 heavy (non-hydrogen) atoms. The summed E-state index contributed by atoms with van der Waals surface area (Å²) in [6.07, 6.45) is 0.0125. The van der Waals surface area contributed by atoms with Crippen LogP contribution in [0, 0.1) is 0 Å². The number of nitrogens with zero attached hydrogens (tertiary/aromatic N) is 2. The highest BCUT2D eigenvalue weighted by molar-refractivity contribution is 5.75. The van der Waals surface area contributed by atoms with Gasteiger partial charge in [0.15, 0.2) is 11.5 Å². The molecule has 1 aromatic heterocycles. The van der Waals surface area contributed by atoms with Crippen molar-refractivity contribution in [1.82, 2.24) is 9.13 Å². The highest BCUT2D eigenvalue weighted by Gasteiger charge is 2.18. The van der Waals surface area contributed by atoms with Crippen LogP contribution < -0.4 is 15.2 Å². The zero-order chi connectivity index (χ0) is 17.4. The Kier molecular flexibility index (Phi) is 3.97. The summed E-state index contributed by atoms with van der Waals surface area (Å²) < 4.78 is 14.5. The fraction of sp³-hybridized carbons (Fsp3) is 0.316. The topological polar surface area (TPSA) is 65.6 Å². The van der Waals surface area contributed by atoms with E-state index in [2.05, 4.69) is 0 Å². The molecule has 1 atom stereocenters. The number of para-hydroxylation sites is 2. The summed E-state index contributed by atoms with van der Waals surface area (Å²) in [5.74, 6) is 1.33. The van der Waals surface area contributed by atoms with Gasteiger partial charge in [-0.3, -0.25) is 9.13 Å². The second-order valence-corrected chi connectivity index (χ2v) is 6.21. The number of hydrogen-bond donors (Lipinski definition) is 1. The van der Waals surface area contributed by atoms with Gasteiger partial charge in [-0.15, -0.1) is 0 Å². The molecular weight excluding hydrogens is 320 g/mol. The van der Waals surface area contributed by atoms with Gasteiger partial charge < -0.3 is 14.6 Å². The van der Waals surface area contributed by atoms with Gasteiger partial charge in [0.05, 0.1) is 36.9 Å². The van der Waals surface area contributed by atoms with Crippen molar-refractivity contribution in [2.24, 2.45) is 7.05 Å². The predicted octanol–water partition coefficient (Wildman–Crippen LogP) is 2.23. The number of ether oxygens (including phenoxy) is 2. The molecule has 4 rings (SSSR count). The molecule has 0 radical (unpaired) electrons. The standard InChI is InChI=1S/C19H20N2O4/c1-20-14-5-2-3-6-15(14)21(19(20)23)12-16(22)13-7-8-17-18(11-13)25-10-4-9-24-17/h2-3,5-8,11,16,22H,4,9-10,12H2,1H3/t16-/m0/s1. The highest BCUT2D eigenvalue weighted by atomic mass is 16.5. The van der Waals surface area contributed by atoms with E-state index in [0.717, 1.165) is 17.5 Å². The van der Waals surface area contributed by atoms with Crippen LogP contribution in [0.15, 0.2) is 47.3 Å². The average molecular weight is 340 g/mol. The Hall–Kier alpha value is -2.73. The maximum atomic E-state index is 12.5. The molecule has 0 fully saturated rings. The fourth-order valence-corrected chi connectivity index (χ4v) is 3.21. The monoisotopic (exact) mass is 340 g/mol. The summed E-state index contributed by atoms with van der Waals surface area (Å²) in [7, 11) is 1.74. The molecule has 0 spiro atoms. The first kappa shape index (κ1) is 15.8. The molecule has 6 heteroatoms. The molecule has 0 aliphatic carbocycles. The Morgan fingerprint density at radius 3 is 2.60 bits per heavy atom. The lowest BCUT2D eigenvalue weighted by Gasteiger charge is -2.14. The number of aromatic nitrogens is 2. The van der Waals surface area contributed by atoms with E-state index >= 15 is 0 Å². The molecule has 130 valence electrons. The summed E-state index contributed by atoms with van der Waals surface area (Å²) in [6.45, 7) is 1.40. The van der Waals surface area contributed by atoms with Crippen LogP contribution in [0.2, 0.25) is 0 Å². The molecule has 1 aliphatic rings. The lowest BCUT2D eigenvalue weighted by atomic mass is 10.1. The number of aryl methyl sites for hydroxylation is 1. The quantitative estimate of drug-likeness (QED) is 0.794. The number of aliphatic hydroxyl groups is 1. The van der Waals surface area contributed by atoms with Crippen LogP contribution in [0.1, 0.15) is 18.1 Å². The Morgan fingerprint density at radius 1 is 1.08 bits per heavy atom. The van der Waals surface area contributed by atoms with E-state index in [4.69, 9.17) is 9.47 Å². The van der Waals surface area contributed by atoms with Crippen LogP contribution in [0.3, 0.4) is 0 Å². The maximum absolute atomic E-state index is 12.5. The Morgan fingerprint density at radius 2 is 1.80 bits per heavy atom. The minimum atomic E-state index is -0.819. The summed E-state index contributed by atoms with van der Waals surface area (Å²) in [4.78, 5) is 12.5. The number of imidazole rings is 1. The van der Waals surface area contributed by atoms with E-state index in [9.17, 15) is 9.90 Å². The minimum Gasteiger partial charge on any atom is -0.490 e. The number of benzene rings is 2. The van der Waals surface area contributed by atoms with E-state index in [1.165, 1.54) is 0 Å². The van der Waals surface area contributed by atoms with Crippen molar-refractivity contribution in [2.75, 3.05) is 13.2 Å². The zero-order valence-electron chi connectivity index (χ0n) is 14.0. The minimum absolute atomic E-state index is 0.144. The van der Waals surface area contributed by atoms with Gasteiger partial charge in [0.2, 0.25) is 0 Å². The van der Waals surface area contributed by atoms with Gasteiger partial charge in [-0.25, -0.2) is 4.79 Å². The number of rotatable bonds is 3. The molecule has 1 N–H and O–H groups in total. The Balaban J connectivity index is 1.67. The van der Waals surface area contributed by atoms with Gasteiger partial charge in [0.25, 0.3) is 0 Å². The molecule has 6 nitrogen and oxygen atoms in total. The van der Waals surface area contributed by atoms with Gasteiger partial charge in [-0.05, 0) is 29.8 Å². The second-order valence-electron chi connectivity index (χ2n) is 6.21. The normalized spacial score (nSPS) is 15.1. The first-order valence-electron chi connectivity index (χ1n) is 8.37. The number of fused-ring (bicyclic) bond motifs is 2. The van der Waals surface area contributed by atoms with Crippen molar-refractivity contribution in [1.29, 1.82) is 0 Å². The molecule has 0 saturated heterocycles. The molecular formula is C19H20N2O4. The maximum Gasteiger partial charge on any atom is 0.328 e. The Bertz CT molecular complexity index is 973. The molecule has 0 bridgehead atoms. The van der Waals surface area contributed by atoms with Crippen LogP contribution >= 0.6 is 0 Å². The van der Waals surface area contributed by atoms with Crippen LogP contribution in [0.4, 0.5) is 0 Å². The van der Waals surface area contributed by atoms with E-state index in [0.29, 0.717) is 30.3 Å². The SMILES string of the molecule is Cn1c(=O)n(C[C@H](O)c2ccc3c(c2)OCCCO3)c2ccccc21. The van der Waals surface area contributed by atoms with Gasteiger partial charge >= 0.3 is 5.69 Å². The van der Waals surface area contributed by atoms with Gasteiger partial charge in [-0.1, -0.05) is 18.2 Å². The van der Waals surface area contributed by atoms with Crippen molar-refractivity contribution in [3.8, 4) is 11.5 Å². The first-order valence-corrected chi connectivity index (χ1v) is 8.37. The fourth-order valence-electron chi connectivity index (χ4n) is 3.21. The predicted molar refractivity (Wildman–Crippen MR) is 94.2 cm³/mol. The lowest BCUT2D eigenvalue weighted by Crippen LogP contribution is -2.24. The molecule has 2 aromatic carbocycles. The van der Waals surface area contributed by atoms with Crippen molar-refractivity contribution in [2.45, 2.75) is 19.1 Å². The van der Waals surface area contributed by atoms with E-state index in [-0.39, 0.29) is 12.2 Å². The summed E-state index contributed by atoms with van der Waals surface area (Å²) in [6, 6.07) is 13.0. The van der Waals surface area contributed by atoms with Crippen LogP contribution in [-0.2, 0) is 13.6 Å². The molecule has 0 amide bonds. The van der Waals surface area contributed by atoms with Crippen LogP contribution in [0.25, 0.3) is 11.0 Å². The molecule has 0 unspecified atom stereocenters. The molecule has 2 heterocycles. The number of aliphatic hydroxyl groups excluding tert-OH is 1. The van der Waals surface area contributed by atoms with E-state index in [1.807, 2.05) is 36.4 Å². The van der Waals surface area contributed by atoms with Crippen LogP contribution in [-0.4, -0.2) is 27.5 Å². The van der Waals surface area contributed by atoms with Gasteiger partial charge in [-0.2, -0.15) is 0 Å². The van der Waals surface area contributed by atoms with Gasteiger partial charge in [0, 0.05) is 13.5 Å². The average Bonchev–Trinajstić information content (AvgIpc) is 2.81. The Labute approximate surface area is 144 Å². The zero-order valence-corrected chi connectivity index (χ0v) is 14.0. The molecule has 3 aromatic rings. The summed E-state index contributed by atoms with van der Waals surface area (Å²) in [5.41, 5.74) is 2.21. The third-order valence-corrected chi connectivity index (χ3v) is 4.56. The van der Waals surface area contributed by atoms with E-state index < -0.39 is 6.10 Å². The smallest absolute Gasteiger partial charge is 0.328 e. The van der Waals surface area contributed by atoms with Crippen molar-refractivity contribution >= 4 is 11.0 Å². The first-order chi connectivity index (χ1) is 12.1. The largest absolute Gasteiger partial charge is 0.490 e. The third-order valence-electron chi connectivity index (χ3n) is 4.56. The lowest BCUT2D eigenvalue weighted by molar-refractivity contribution is 0.156. The van der Waals surface area contributed by atoms with Crippen molar-refractivity contribution in [3.05, 3.63) is 58.5 Å². The number of hydrogen-bond acceptors (Lipinski definition) is 4. The highest BCUT2D eigenvalue weighted by Crippen LogP contribution is 2.32. The molecule has 0 saturated carbocycles. The van der Waals surface area contributed by atoms with Crippen LogP contribution in [0.5, 0.6) is 11.5 Å². The van der Waals surface area contributed by atoms with Gasteiger partial charge in [0.1, 0.15) is 0 Å². The summed E-state index contributed by atoms with van der Waals surface area (Å²) in [5, 5.41) is 10.7. The van der Waals surface area contributed by atoms with Crippen molar-refractivity contribution in [3.63, 3.8) is 0 Å². The van der Waals surface area contributed by atoms with E-state index in [1.54, 1.807) is 22.2 Å². The summed E-state index contributed by atoms with van der Waals surface area (Å²) >= 11 is 0. The third kappa shape index (κ3) is 2.78. The van der Waals surface area contributed by atoms with Crippen molar-refractivity contribution < 1.29 is 14.6 Å². The second kappa shape index (κ2) is 6.29. The molecule has 1 aliphatic heterocycles.